The maximum Gasteiger partial charge on any atom is 0.0505 e. The fourth-order valence-corrected chi connectivity index (χ4v) is 2.55. The molecule has 0 bridgehead atoms. The van der Waals surface area contributed by atoms with Crippen LogP contribution in [-0.4, -0.2) is 12.6 Å². The molecule has 2 heteroatoms. The van der Waals surface area contributed by atoms with E-state index in [9.17, 15) is 0 Å². The highest BCUT2D eigenvalue weighted by Gasteiger charge is 2.23. The van der Waals surface area contributed by atoms with Gasteiger partial charge in [-0.1, -0.05) is 6.08 Å². The zero-order valence-electron chi connectivity index (χ0n) is 10.7. The molecule has 0 atom stereocenters. The molecule has 0 saturated heterocycles. The summed E-state index contributed by atoms with van der Waals surface area (Å²) >= 11 is 0. The zero-order chi connectivity index (χ0) is 11.9. The average Bonchev–Trinajstić information content (AvgIpc) is 2.13. The number of fused-ring (bicyclic) bond motifs is 1. The molecule has 0 aliphatic carbocycles. The van der Waals surface area contributed by atoms with Crippen molar-refractivity contribution in [1.82, 2.24) is 0 Å². The summed E-state index contributed by atoms with van der Waals surface area (Å²) in [5.41, 5.74) is 6.45. The maximum absolute atomic E-state index is 3.57. The number of anilines is 2. The Morgan fingerprint density at radius 2 is 1.88 bits per heavy atom. The van der Waals surface area contributed by atoms with Gasteiger partial charge in [-0.3, -0.25) is 0 Å². The molecule has 0 spiro atoms. The SMILES string of the molecule is CNc1cc(C)c2c(c1)NC(C)(C)C=C2C. The first-order valence-electron chi connectivity index (χ1n) is 5.73. The van der Waals surface area contributed by atoms with Crippen LogP contribution in [0.1, 0.15) is 31.9 Å². The molecule has 2 N–H and O–H groups in total. The van der Waals surface area contributed by atoms with Crippen LogP contribution in [0.3, 0.4) is 0 Å². The second kappa shape index (κ2) is 3.55. The van der Waals surface area contributed by atoms with Gasteiger partial charge < -0.3 is 10.6 Å². The summed E-state index contributed by atoms with van der Waals surface area (Å²) < 4.78 is 0. The van der Waals surface area contributed by atoms with Gasteiger partial charge in [-0.25, -0.2) is 0 Å². The van der Waals surface area contributed by atoms with Crippen molar-refractivity contribution in [1.29, 1.82) is 0 Å². The van der Waals surface area contributed by atoms with Crippen LogP contribution in [0.5, 0.6) is 0 Å². The van der Waals surface area contributed by atoms with Gasteiger partial charge in [-0.2, -0.15) is 0 Å². The van der Waals surface area contributed by atoms with Crippen molar-refractivity contribution in [2.45, 2.75) is 33.2 Å². The third-order valence-corrected chi connectivity index (χ3v) is 3.05. The van der Waals surface area contributed by atoms with Crippen molar-refractivity contribution in [3.63, 3.8) is 0 Å². The fraction of sp³-hybridized carbons (Fsp3) is 0.429. The lowest BCUT2D eigenvalue weighted by molar-refractivity contribution is 0.707. The Morgan fingerprint density at radius 3 is 2.50 bits per heavy atom. The van der Waals surface area contributed by atoms with Crippen molar-refractivity contribution in [2.75, 3.05) is 17.7 Å². The molecular weight excluding hydrogens is 196 g/mol. The molecule has 2 nitrogen and oxygen atoms in total. The molecule has 1 aliphatic heterocycles. The normalized spacial score (nSPS) is 17.2. The van der Waals surface area contributed by atoms with Gasteiger partial charge in [0.05, 0.1) is 5.54 Å². The van der Waals surface area contributed by atoms with Crippen LogP contribution in [0.2, 0.25) is 0 Å². The minimum atomic E-state index is 0.0376. The molecule has 1 aliphatic rings. The van der Waals surface area contributed by atoms with E-state index in [1.54, 1.807) is 0 Å². The first-order valence-corrected chi connectivity index (χ1v) is 5.73. The van der Waals surface area contributed by atoms with E-state index in [1.165, 1.54) is 22.4 Å². The Bertz CT molecular complexity index is 456. The summed E-state index contributed by atoms with van der Waals surface area (Å²) in [7, 11) is 1.96. The lowest BCUT2D eigenvalue weighted by Crippen LogP contribution is -2.31. The van der Waals surface area contributed by atoms with Gasteiger partial charge in [-0.05, 0) is 51.0 Å². The van der Waals surface area contributed by atoms with Gasteiger partial charge >= 0.3 is 0 Å². The second-order valence-electron chi connectivity index (χ2n) is 5.14. The first kappa shape index (κ1) is 11.1. The third-order valence-electron chi connectivity index (χ3n) is 3.05. The van der Waals surface area contributed by atoms with Crippen molar-refractivity contribution in [3.05, 3.63) is 29.3 Å². The van der Waals surface area contributed by atoms with Crippen LogP contribution in [0.4, 0.5) is 11.4 Å². The molecule has 16 heavy (non-hydrogen) atoms. The Kier molecular flexibility index (Phi) is 2.45. The van der Waals surface area contributed by atoms with Gasteiger partial charge in [0.25, 0.3) is 0 Å². The summed E-state index contributed by atoms with van der Waals surface area (Å²) in [5, 5.41) is 6.77. The van der Waals surface area contributed by atoms with Crippen molar-refractivity contribution in [2.24, 2.45) is 0 Å². The second-order valence-corrected chi connectivity index (χ2v) is 5.14. The number of nitrogens with one attached hydrogen (secondary N) is 2. The predicted octanol–water partition coefficient (Wildman–Crippen LogP) is 3.64. The number of benzene rings is 1. The third kappa shape index (κ3) is 1.80. The Morgan fingerprint density at radius 1 is 1.19 bits per heavy atom. The fourth-order valence-electron chi connectivity index (χ4n) is 2.55. The lowest BCUT2D eigenvalue weighted by Gasteiger charge is -2.32. The van der Waals surface area contributed by atoms with Gasteiger partial charge in [0.15, 0.2) is 0 Å². The van der Waals surface area contributed by atoms with E-state index in [1.807, 2.05) is 7.05 Å². The van der Waals surface area contributed by atoms with Crippen LogP contribution in [-0.2, 0) is 0 Å². The minimum Gasteiger partial charge on any atom is -0.388 e. The molecular formula is C14H20N2. The highest BCUT2D eigenvalue weighted by Crippen LogP contribution is 2.37. The van der Waals surface area contributed by atoms with E-state index in [2.05, 4.69) is 56.5 Å². The number of hydrogen-bond donors (Lipinski definition) is 2. The number of rotatable bonds is 1. The Labute approximate surface area is 97.8 Å². The van der Waals surface area contributed by atoms with E-state index in [0.717, 1.165) is 5.69 Å². The number of allylic oxidation sites excluding steroid dienone is 1. The maximum atomic E-state index is 3.57. The van der Waals surface area contributed by atoms with Crippen LogP contribution in [0.15, 0.2) is 18.2 Å². The molecule has 0 fully saturated rings. The minimum absolute atomic E-state index is 0.0376. The van der Waals surface area contributed by atoms with Crippen LogP contribution in [0.25, 0.3) is 5.57 Å². The quantitative estimate of drug-likeness (QED) is 0.749. The zero-order valence-corrected chi connectivity index (χ0v) is 10.7. The molecule has 2 rings (SSSR count). The average molecular weight is 216 g/mol. The summed E-state index contributed by atoms with van der Waals surface area (Å²) in [4.78, 5) is 0. The largest absolute Gasteiger partial charge is 0.388 e. The molecule has 1 aromatic carbocycles. The number of aryl methyl sites for hydroxylation is 1. The van der Waals surface area contributed by atoms with E-state index >= 15 is 0 Å². The number of hydrogen-bond acceptors (Lipinski definition) is 2. The lowest BCUT2D eigenvalue weighted by atomic mass is 9.88. The topological polar surface area (TPSA) is 24.1 Å². The van der Waals surface area contributed by atoms with Gasteiger partial charge in [0.2, 0.25) is 0 Å². The van der Waals surface area contributed by atoms with Crippen molar-refractivity contribution < 1.29 is 0 Å². The van der Waals surface area contributed by atoms with Gasteiger partial charge in [0.1, 0.15) is 0 Å². The molecule has 0 unspecified atom stereocenters. The molecule has 0 aromatic heterocycles. The molecule has 0 saturated carbocycles. The molecule has 0 amide bonds. The molecule has 0 radical (unpaired) electrons. The predicted molar refractivity (Wildman–Crippen MR) is 72.1 cm³/mol. The highest BCUT2D eigenvalue weighted by molar-refractivity contribution is 5.84. The van der Waals surface area contributed by atoms with Crippen molar-refractivity contribution >= 4 is 16.9 Å². The molecule has 1 heterocycles. The summed E-state index contributed by atoms with van der Waals surface area (Å²) in [5.74, 6) is 0. The van der Waals surface area contributed by atoms with E-state index in [0.29, 0.717) is 0 Å². The van der Waals surface area contributed by atoms with Crippen LogP contribution in [0, 0.1) is 6.92 Å². The monoisotopic (exact) mass is 216 g/mol. The van der Waals surface area contributed by atoms with E-state index in [4.69, 9.17) is 0 Å². The molecule has 86 valence electrons. The summed E-state index contributed by atoms with van der Waals surface area (Å²) in [6.07, 6.45) is 2.29. The van der Waals surface area contributed by atoms with E-state index in [-0.39, 0.29) is 5.54 Å². The van der Waals surface area contributed by atoms with Gasteiger partial charge in [-0.15, -0.1) is 0 Å². The van der Waals surface area contributed by atoms with Crippen molar-refractivity contribution in [3.8, 4) is 0 Å². The highest BCUT2D eigenvalue weighted by atomic mass is 15.0. The summed E-state index contributed by atoms with van der Waals surface area (Å²) in [6, 6.07) is 4.37. The standard InChI is InChI=1S/C14H20N2/c1-9-6-11(15-5)7-12-13(9)10(2)8-14(3,4)16-12/h6-8,15-16H,1-5H3. The Balaban J connectivity index is 2.61. The Hall–Kier alpha value is -1.44. The van der Waals surface area contributed by atoms with Crippen LogP contribution < -0.4 is 10.6 Å². The summed E-state index contributed by atoms with van der Waals surface area (Å²) in [6.45, 7) is 8.74. The first-order chi connectivity index (χ1) is 7.43. The van der Waals surface area contributed by atoms with Crippen LogP contribution >= 0.6 is 0 Å². The smallest absolute Gasteiger partial charge is 0.0505 e. The van der Waals surface area contributed by atoms with E-state index < -0.39 is 0 Å². The molecule has 1 aromatic rings. The van der Waals surface area contributed by atoms with Gasteiger partial charge in [0, 0.05) is 24.0 Å².